The van der Waals surface area contributed by atoms with Crippen LogP contribution in [-0.4, -0.2) is 156 Å². The Morgan fingerprint density at radius 1 is 1.03 bits per heavy atom. The second kappa shape index (κ2) is 19.2. The van der Waals surface area contributed by atoms with E-state index in [9.17, 15) is 58.6 Å². The van der Waals surface area contributed by atoms with Crippen LogP contribution in [0.15, 0.2) is 42.4 Å². The van der Waals surface area contributed by atoms with Gasteiger partial charge in [-0.15, -0.1) is 6.58 Å². The van der Waals surface area contributed by atoms with E-state index in [1.165, 1.54) is 24.5 Å². The highest BCUT2D eigenvalue weighted by Gasteiger charge is 2.63. The number of anilines is 2. The predicted molar refractivity (Wildman–Crippen MR) is 209 cm³/mol. The van der Waals surface area contributed by atoms with Crippen molar-refractivity contribution >= 4 is 50.3 Å². The smallest absolute Gasteiger partial charge is 0.472 e. The second-order valence-corrected chi connectivity index (χ2v) is 17.7. The number of ether oxygens (including phenoxy) is 3. The first-order valence-electron chi connectivity index (χ1n) is 18.6. The third kappa shape index (κ3) is 10.9. The number of carbonyl (C=O) groups excluding carboxylic acids is 1. The first kappa shape index (κ1) is 48.7. The summed E-state index contributed by atoms with van der Waals surface area (Å²) in [6.07, 6.45) is -8.28. The summed E-state index contributed by atoms with van der Waals surface area (Å²) in [7, 11) is -9.62. The minimum Gasteiger partial charge on any atom is -0.479 e. The number of nitrogens with two attached hydrogens (primary N) is 2. The van der Waals surface area contributed by atoms with Crippen LogP contribution in [0, 0.1) is 5.92 Å². The Kier molecular flexibility index (Phi) is 15.1. The van der Waals surface area contributed by atoms with Crippen molar-refractivity contribution in [2.45, 2.75) is 87.2 Å². The fraction of sp³-hybridized carbons (Fsp3) is 0.606. The summed E-state index contributed by atoms with van der Waals surface area (Å²) in [5.41, 5.74) is 6.73. The monoisotopic (exact) mass is 921 g/mol. The number of carboxylic acid groups (broad SMARTS) is 1. The number of aromatic nitrogens is 6. The first-order valence-corrected chi connectivity index (χ1v) is 21.6. The lowest BCUT2D eigenvalue weighted by Gasteiger charge is -2.44. The average Bonchev–Trinajstić information content (AvgIpc) is 3.84. The quantitative estimate of drug-likeness (QED) is 0.0331. The summed E-state index contributed by atoms with van der Waals surface area (Å²) in [6.45, 7) is 3.34. The molecule has 2 saturated heterocycles. The van der Waals surface area contributed by atoms with Gasteiger partial charge in [0.1, 0.15) is 42.1 Å². The van der Waals surface area contributed by atoms with E-state index in [2.05, 4.69) is 31.0 Å². The van der Waals surface area contributed by atoms with Crippen LogP contribution in [0.25, 0.3) is 11.2 Å². The van der Waals surface area contributed by atoms with Gasteiger partial charge in [-0.25, -0.2) is 33.7 Å². The zero-order valence-electron chi connectivity index (χ0n) is 33.5. The molecule has 0 aromatic carbocycles. The number of nitrogens with zero attached hydrogens (tertiary/aromatic N) is 7. The number of aliphatic hydroxyl groups excluding tert-OH is 2. The van der Waals surface area contributed by atoms with Gasteiger partial charge in [0.2, 0.25) is 5.91 Å². The van der Waals surface area contributed by atoms with Crippen molar-refractivity contribution in [2.75, 3.05) is 44.9 Å². The van der Waals surface area contributed by atoms with Gasteiger partial charge in [-0.2, -0.15) is 4.98 Å². The maximum Gasteiger partial charge on any atom is 0.472 e. The predicted octanol–water partition coefficient (Wildman–Crippen LogP) is -1.58. The van der Waals surface area contributed by atoms with Crippen molar-refractivity contribution in [1.29, 1.82) is 0 Å². The van der Waals surface area contributed by atoms with E-state index >= 15 is 0 Å². The molecule has 0 bridgehead atoms. The molecular formula is C33H49N9O18P2. The third-order valence-electron chi connectivity index (χ3n) is 10.2. The van der Waals surface area contributed by atoms with Crippen molar-refractivity contribution in [3.63, 3.8) is 0 Å². The van der Waals surface area contributed by atoms with Crippen LogP contribution >= 0.6 is 15.6 Å². The molecule has 0 aliphatic carbocycles. The summed E-state index contributed by atoms with van der Waals surface area (Å²) in [6, 6.07) is 1.15. The summed E-state index contributed by atoms with van der Waals surface area (Å²) >= 11 is 0. The SMILES string of the molecule is C=CCCC(=O)N(C)[C@](COCCC(C)(C)O)(C(=O)O)C1C(COP(=O)(O)O[C@H]2[C@@H](O)[C@H](n3ccc(N)nc3=O)O[C@@H]2COP(=O)(O)O)OC(n2cnc3c(N)ncnc32)C1O. The second-order valence-electron chi connectivity index (χ2n) is 15.0. The number of hydrogen-bond donors (Lipinski definition) is 9. The van der Waals surface area contributed by atoms with Crippen molar-refractivity contribution in [2.24, 2.45) is 5.92 Å². The molecule has 62 heavy (non-hydrogen) atoms. The fourth-order valence-electron chi connectivity index (χ4n) is 7.05. The Morgan fingerprint density at radius 3 is 2.32 bits per heavy atom. The number of carboxylic acids is 1. The number of carbonyl (C=O) groups is 2. The number of hydrogen-bond acceptors (Lipinski definition) is 20. The molecule has 27 nitrogen and oxygen atoms in total. The number of imidazole rings is 1. The van der Waals surface area contributed by atoms with Crippen molar-refractivity contribution < 1.29 is 81.6 Å². The highest BCUT2D eigenvalue weighted by atomic mass is 31.2. The molecule has 3 aromatic rings. The molecule has 2 fully saturated rings. The maximum atomic E-state index is 13.8. The minimum atomic E-state index is -5.55. The standard InChI is InChI=1S/C33H49N9O18P2/c1-5-6-7-20(43)40(4)33(30(46)47,14-55-11-9-32(2,3)49)21-17(58-28(23(21)44)42-16-38-22-26(35)36-15-37-27(22)42)12-57-62(53,54)60-25-18(13-56-61(50,51)52)59-29(24(25)45)41-10-8-19(34)39-31(41)48/h5,8,10,15-18,21,23-25,28-29,44-45,49H,1,6-7,9,11-14H2,2-4H3,(H,46,47)(H,53,54)(H2,34,39,48)(H2,35,36,37)(H2,50,51,52)/t17?,18-,21?,23?,24-,25-,28?,29-,33+/m1/s1. The van der Waals surface area contributed by atoms with Gasteiger partial charge in [-0.3, -0.25) is 27.5 Å². The van der Waals surface area contributed by atoms with E-state index in [0.29, 0.717) is 0 Å². The zero-order valence-corrected chi connectivity index (χ0v) is 35.3. The number of phosphoric acid groups is 2. The lowest BCUT2D eigenvalue weighted by atomic mass is 9.76. The van der Waals surface area contributed by atoms with Crippen LogP contribution in [0.1, 0.15) is 45.6 Å². The van der Waals surface area contributed by atoms with Gasteiger partial charge in [-0.1, -0.05) is 6.08 Å². The number of rotatable bonds is 21. The molecule has 11 N–H and O–H groups in total. The average molecular weight is 922 g/mol. The van der Waals surface area contributed by atoms with Crippen molar-refractivity contribution in [3.05, 3.63) is 48.1 Å². The number of amides is 1. The van der Waals surface area contributed by atoms with Gasteiger partial charge in [-0.05, 0) is 32.8 Å². The van der Waals surface area contributed by atoms with Crippen LogP contribution in [0.3, 0.4) is 0 Å². The van der Waals surface area contributed by atoms with Gasteiger partial charge >= 0.3 is 27.3 Å². The van der Waals surface area contributed by atoms with Gasteiger partial charge in [0.15, 0.2) is 29.5 Å². The van der Waals surface area contributed by atoms with Gasteiger partial charge < -0.3 is 65.7 Å². The number of fused-ring (bicyclic) bond motifs is 1. The Labute approximate surface area is 351 Å². The molecule has 3 aromatic heterocycles. The molecule has 1 amide bonds. The van der Waals surface area contributed by atoms with E-state index in [1.54, 1.807) is 0 Å². The Morgan fingerprint density at radius 2 is 1.69 bits per heavy atom. The van der Waals surface area contributed by atoms with E-state index in [1.807, 2.05) is 0 Å². The topological polar surface area (TPSA) is 399 Å². The largest absolute Gasteiger partial charge is 0.479 e. The Hall–Kier alpha value is -4.31. The van der Waals surface area contributed by atoms with Crippen LogP contribution in [0.2, 0.25) is 0 Å². The minimum absolute atomic E-state index is 0.00412. The van der Waals surface area contributed by atoms with E-state index in [-0.39, 0.29) is 48.7 Å². The number of nitrogen functional groups attached to an aromatic ring is 2. The number of aliphatic hydroxyl groups is 3. The molecule has 5 rings (SSSR count). The number of likely N-dealkylation sites (N-methyl/N-ethyl adjacent to an activating group) is 1. The van der Waals surface area contributed by atoms with Gasteiger partial charge in [0, 0.05) is 26.3 Å². The van der Waals surface area contributed by atoms with Crippen molar-refractivity contribution in [1.82, 2.24) is 34.0 Å². The molecule has 0 spiro atoms. The van der Waals surface area contributed by atoms with E-state index in [4.69, 9.17) is 34.7 Å². The van der Waals surface area contributed by atoms with Gasteiger partial charge in [0.25, 0.3) is 0 Å². The van der Waals surface area contributed by atoms with Crippen molar-refractivity contribution in [3.8, 4) is 0 Å². The maximum absolute atomic E-state index is 13.8. The summed E-state index contributed by atoms with van der Waals surface area (Å²) in [4.78, 5) is 86.4. The molecule has 2 aliphatic heterocycles. The highest BCUT2D eigenvalue weighted by molar-refractivity contribution is 7.47. The zero-order chi connectivity index (χ0) is 45.9. The molecule has 10 atom stereocenters. The Balaban J connectivity index is 1.53. The lowest BCUT2D eigenvalue weighted by molar-refractivity contribution is -0.174. The van der Waals surface area contributed by atoms with E-state index < -0.39 is 113 Å². The molecule has 29 heteroatoms. The molecule has 5 heterocycles. The fourth-order valence-corrected chi connectivity index (χ4v) is 8.35. The van der Waals surface area contributed by atoms with Crippen LogP contribution in [-0.2, 0) is 46.5 Å². The van der Waals surface area contributed by atoms with Crippen LogP contribution in [0.4, 0.5) is 11.6 Å². The third-order valence-corrected chi connectivity index (χ3v) is 11.6. The summed E-state index contributed by atoms with van der Waals surface area (Å²) in [5, 5.41) is 44.8. The number of aliphatic carboxylic acids is 1. The van der Waals surface area contributed by atoms with Crippen LogP contribution < -0.4 is 17.2 Å². The number of allylic oxidation sites excluding steroid dienone is 1. The lowest BCUT2D eigenvalue weighted by Crippen LogP contribution is -2.67. The Bertz CT molecular complexity index is 2250. The molecule has 2 aliphatic rings. The molecule has 344 valence electrons. The molecule has 0 saturated carbocycles. The normalized spacial score (nSPS) is 26.3. The van der Waals surface area contributed by atoms with Crippen LogP contribution in [0.5, 0.6) is 0 Å². The molecular weight excluding hydrogens is 872 g/mol. The molecule has 5 unspecified atom stereocenters. The summed E-state index contributed by atoms with van der Waals surface area (Å²) in [5.74, 6) is -4.54. The first-order chi connectivity index (χ1) is 28.9. The van der Waals surface area contributed by atoms with E-state index in [0.717, 1.165) is 41.4 Å². The summed E-state index contributed by atoms with van der Waals surface area (Å²) < 4.78 is 60.0. The number of phosphoric ester groups is 2. The molecule has 0 radical (unpaired) electrons. The highest BCUT2D eigenvalue weighted by Crippen LogP contribution is 2.51. The van der Waals surface area contributed by atoms with Gasteiger partial charge in [0.05, 0.1) is 43.8 Å².